The van der Waals surface area contributed by atoms with Crippen molar-refractivity contribution in [1.82, 2.24) is 0 Å². The molecule has 1 heterocycles. The molecule has 1 aliphatic rings. The number of anilines is 1. The zero-order chi connectivity index (χ0) is 29.4. The van der Waals surface area contributed by atoms with Crippen LogP contribution in [0.15, 0.2) is 72.3 Å². The van der Waals surface area contributed by atoms with E-state index in [1.54, 1.807) is 49.6 Å². The van der Waals surface area contributed by atoms with Crippen LogP contribution in [-0.4, -0.2) is 37.0 Å². The number of methoxy groups -OCH3 is 2. The molecular weight excluding hydrogens is 506 g/mol. The van der Waals surface area contributed by atoms with Crippen molar-refractivity contribution in [1.29, 1.82) is 0 Å². The standard InChI is InChI=1S/C33H35NO6/c1-19(2)25-18-22(12-17-26(25)39-6)29(35)27-28(20-8-13-23(14-9-20)33(3,4)5)34(31(37)30(27)36)24-15-10-21(11-16-24)32(38)40-7/h8-19,28,35H,1-7H3/b29-27-. The molecule has 3 aromatic rings. The van der Waals surface area contributed by atoms with Crippen LogP contribution in [0.3, 0.4) is 0 Å². The van der Waals surface area contributed by atoms with E-state index in [1.165, 1.54) is 12.0 Å². The van der Waals surface area contributed by atoms with Crippen molar-refractivity contribution < 1.29 is 29.0 Å². The molecule has 40 heavy (non-hydrogen) atoms. The maximum absolute atomic E-state index is 13.6. The monoisotopic (exact) mass is 541 g/mol. The molecule has 1 atom stereocenters. The Morgan fingerprint density at radius 3 is 2.02 bits per heavy atom. The Bertz CT molecular complexity index is 1480. The van der Waals surface area contributed by atoms with Gasteiger partial charge in [0, 0.05) is 11.3 Å². The molecular formula is C33H35NO6. The zero-order valence-corrected chi connectivity index (χ0v) is 23.9. The number of Topliss-reactive ketones (excluding diaryl/α,β-unsaturated/α-hetero) is 1. The molecule has 0 spiro atoms. The number of aliphatic hydroxyl groups excluding tert-OH is 1. The molecule has 1 unspecified atom stereocenters. The summed E-state index contributed by atoms with van der Waals surface area (Å²) in [6, 6.07) is 18.3. The third-order valence-electron chi connectivity index (χ3n) is 7.23. The average Bonchev–Trinajstić information content (AvgIpc) is 3.21. The molecule has 1 aliphatic heterocycles. The van der Waals surface area contributed by atoms with Gasteiger partial charge in [0.25, 0.3) is 11.7 Å². The van der Waals surface area contributed by atoms with Crippen molar-refractivity contribution in [2.75, 3.05) is 19.1 Å². The number of aliphatic hydroxyl groups is 1. The summed E-state index contributed by atoms with van der Waals surface area (Å²) in [6.45, 7) is 10.3. The van der Waals surface area contributed by atoms with Gasteiger partial charge in [-0.05, 0) is 70.5 Å². The molecule has 208 valence electrons. The van der Waals surface area contributed by atoms with Gasteiger partial charge in [0.05, 0.1) is 31.4 Å². The third-order valence-corrected chi connectivity index (χ3v) is 7.23. The van der Waals surface area contributed by atoms with Crippen molar-refractivity contribution in [2.45, 2.75) is 52.0 Å². The lowest BCUT2D eigenvalue weighted by Gasteiger charge is -2.27. The Morgan fingerprint density at radius 1 is 0.900 bits per heavy atom. The SMILES string of the molecule is COC(=O)c1ccc(N2C(=O)C(=O)/C(=C(\O)c3ccc(OC)c(C(C)C)c3)C2c2ccc(C(C)(C)C)cc2)cc1. The molecule has 0 bridgehead atoms. The van der Waals surface area contributed by atoms with E-state index in [4.69, 9.17) is 9.47 Å². The van der Waals surface area contributed by atoms with Crippen molar-refractivity contribution in [2.24, 2.45) is 0 Å². The number of hydrogen-bond acceptors (Lipinski definition) is 6. The zero-order valence-electron chi connectivity index (χ0n) is 23.9. The minimum atomic E-state index is -0.886. The van der Waals surface area contributed by atoms with Crippen molar-refractivity contribution in [3.05, 3.63) is 100 Å². The topological polar surface area (TPSA) is 93.1 Å². The van der Waals surface area contributed by atoms with E-state index in [1.807, 2.05) is 38.1 Å². The molecule has 1 amide bonds. The summed E-state index contributed by atoms with van der Waals surface area (Å²) in [5, 5.41) is 11.6. The number of carbonyl (C=O) groups is 3. The largest absolute Gasteiger partial charge is 0.507 e. The van der Waals surface area contributed by atoms with Crippen LogP contribution in [0.2, 0.25) is 0 Å². The first-order valence-corrected chi connectivity index (χ1v) is 13.2. The summed E-state index contributed by atoms with van der Waals surface area (Å²) in [7, 11) is 2.87. The number of carbonyl (C=O) groups excluding carboxylic acids is 3. The molecule has 1 N–H and O–H groups in total. The molecule has 0 aliphatic carbocycles. The summed E-state index contributed by atoms with van der Waals surface area (Å²) in [4.78, 5) is 40.4. The smallest absolute Gasteiger partial charge is 0.337 e. The fourth-order valence-electron chi connectivity index (χ4n) is 4.94. The quantitative estimate of drug-likeness (QED) is 0.165. The summed E-state index contributed by atoms with van der Waals surface area (Å²) >= 11 is 0. The van der Waals surface area contributed by atoms with E-state index >= 15 is 0 Å². The predicted molar refractivity (Wildman–Crippen MR) is 155 cm³/mol. The number of hydrogen-bond donors (Lipinski definition) is 1. The molecule has 0 aromatic heterocycles. The number of benzene rings is 3. The lowest BCUT2D eigenvalue weighted by atomic mass is 9.85. The highest BCUT2D eigenvalue weighted by molar-refractivity contribution is 6.51. The van der Waals surface area contributed by atoms with E-state index < -0.39 is 23.7 Å². The lowest BCUT2D eigenvalue weighted by molar-refractivity contribution is -0.132. The minimum Gasteiger partial charge on any atom is -0.507 e. The Kier molecular flexibility index (Phi) is 7.87. The van der Waals surface area contributed by atoms with Gasteiger partial charge in [-0.15, -0.1) is 0 Å². The number of esters is 1. The van der Waals surface area contributed by atoms with Gasteiger partial charge in [0.1, 0.15) is 11.5 Å². The van der Waals surface area contributed by atoms with Crippen LogP contribution in [0.4, 0.5) is 5.69 Å². The molecule has 3 aromatic carbocycles. The van der Waals surface area contributed by atoms with Gasteiger partial charge in [-0.3, -0.25) is 14.5 Å². The second kappa shape index (κ2) is 11.0. The van der Waals surface area contributed by atoms with Gasteiger partial charge < -0.3 is 14.6 Å². The Morgan fingerprint density at radius 2 is 1.50 bits per heavy atom. The van der Waals surface area contributed by atoms with Crippen LogP contribution in [0.1, 0.15) is 79.2 Å². The van der Waals surface area contributed by atoms with Crippen LogP contribution in [-0.2, 0) is 19.7 Å². The Labute approximate surface area is 235 Å². The number of nitrogens with zero attached hydrogens (tertiary/aromatic N) is 1. The van der Waals surface area contributed by atoms with E-state index in [0.717, 1.165) is 11.1 Å². The molecule has 4 rings (SSSR count). The highest BCUT2D eigenvalue weighted by atomic mass is 16.5. The maximum atomic E-state index is 13.6. The lowest BCUT2D eigenvalue weighted by Crippen LogP contribution is -2.29. The average molecular weight is 542 g/mol. The first-order valence-electron chi connectivity index (χ1n) is 13.2. The van der Waals surface area contributed by atoms with Crippen molar-refractivity contribution >= 4 is 29.1 Å². The summed E-state index contributed by atoms with van der Waals surface area (Å²) in [5.74, 6) is -1.56. The first-order chi connectivity index (χ1) is 18.9. The van der Waals surface area contributed by atoms with Gasteiger partial charge in [0.15, 0.2) is 0 Å². The van der Waals surface area contributed by atoms with Gasteiger partial charge in [-0.1, -0.05) is 58.9 Å². The van der Waals surface area contributed by atoms with Gasteiger partial charge in [-0.25, -0.2) is 4.79 Å². The van der Waals surface area contributed by atoms with E-state index in [9.17, 15) is 19.5 Å². The second-order valence-corrected chi connectivity index (χ2v) is 11.2. The third kappa shape index (κ3) is 5.24. The summed E-state index contributed by atoms with van der Waals surface area (Å²) in [6.07, 6.45) is 0. The van der Waals surface area contributed by atoms with Gasteiger partial charge in [-0.2, -0.15) is 0 Å². The molecule has 1 saturated heterocycles. The minimum absolute atomic E-state index is 0.00886. The van der Waals surface area contributed by atoms with Crippen LogP contribution in [0, 0.1) is 0 Å². The molecule has 1 fully saturated rings. The highest BCUT2D eigenvalue weighted by Gasteiger charge is 2.47. The number of ether oxygens (including phenoxy) is 2. The molecule has 0 radical (unpaired) electrons. The molecule has 7 heteroatoms. The summed E-state index contributed by atoms with van der Waals surface area (Å²) < 4.78 is 10.3. The van der Waals surface area contributed by atoms with E-state index in [0.29, 0.717) is 28.1 Å². The number of amides is 1. The van der Waals surface area contributed by atoms with Crippen molar-refractivity contribution in [3.8, 4) is 5.75 Å². The van der Waals surface area contributed by atoms with Crippen molar-refractivity contribution in [3.63, 3.8) is 0 Å². The maximum Gasteiger partial charge on any atom is 0.337 e. The Balaban J connectivity index is 1.92. The van der Waals surface area contributed by atoms with Crippen LogP contribution in [0.25, 0.3) is 5.76 Å². The van der Waals surface area contributed by atoms with E-state index in [2.05, 4.69) is 20.8 Å². The fraction of sp³-hybridized carbons (Fsp3) is 0.303. The number of ketones is 1. The van der Waals surface area contributed by atoms with Gasteiger partial charge in [0.2, 0.25) is 0 Å². The number of rotatable bonds is 6. The Hall–Kier alpha value is -4.39. The van der Waals surface area contributed by atoms with Gasteiger partial charge >= 0.3 is 5.97 Å². The molecule has 0 saturated carbocycles. The first kappa shape index (κ1) is 28.6. The van der Waals surface area contributed by atoms with Crippen LogP contribution < -0.4 is 9.64 Å². The van der Waals surface area contributed by atoms with Crippen LogP contribution in [0.5, 0.6) is 5.75 Å². The summed E-state index contributed by atoms with van der Waals surface area (Å²) in [5.41, 5.74) is 3.66. The normalized spacial score (nSPS) is 16.9. The van der Waals surface area contributed by atoms with E-state index in [-0.39, 0.29) is 22.7 Å². The van der Waals surface area contributed by atoms with Crippen LogP contribution >= 0.6 is 0 Å². The second-order valence-electron chi connectivity index (χ2n) is 11.2. The highest BCUT2D eigenvalue weighted by Crippen LogP contribution is 2.43. The predicted octanol–water partition coefficient (Wildman–Crippen LogP) is 6.53. The molecule has 7 nitrogen and oxygen atoms in total. The fourth-order valence-corrected chi connectivity index (χ4v) is 4.94.